The van der Waals surface area contributed by atoms with Gasteiger partial charge in [0.1, 0.15) is 5.56 Å². The summed E-state index contributed by atoms with van der Waals surface area (Å²) in [4.78, 5) is 12.8. The number of fused-ring (bicyclic) bond motifs is 5. The van der Waals surface area contributed by atoms with Crippen LogP contribution in [0.5, 0.6) is 11.5 Å². The van der Waals surface area contributed by atoms with Crippen molar-refractivity contribution in [3.8, 4) is 17.2 Å². The van der Waals surface area contributed by atoms with Crippen molar-refractivity contribution in [1.82, 2.24) is 0 Å². The molecule has 0 N–H and O–H groups in total. The van der Waals surface area contributed by atoms with Crippen LogP contribution < -0.4 is 14.0 Å². The van der Waals surface area contributed by atoms with Crippen LogP contribution in [0.25, 0.3) is 16.5 Å². The molecule has 0 atom stereocenters. The van der Waals surface area contributed by atoms with Crippen molar-refractivity contribution in [2.45, 2.75) is 0 Å². The summed E-state index contributed by atoms with van der Waals surface area (Å²) >= 11 is 0. The maximum absolute atomic E-state index is 12.8. The molecule has 0 fully saturated rings. The van der Waals surface area contributed by atoms with E-state index in [0.29, 0.717) is 17.2 Å². The van der Waals surface area contributed by atoms with Gasteiger partial charge in [-0.2, -0.15) is 4.57 Å². The number of ether oxygens (including phenoxy) is 2. The van der Waals surface area contributed by atoms with Crippen molar-refractivity contribution in [3.05, 3.63) is 59.9 Å². The molecular weight excluding hydrogens is 374 g/mol. The summed E-state index contributed by atoms with van der Waals surface area (Å²) in [6, 6.07) is 13.4. The van der Waals surface area contributed by atoms with E-state index in [2.05, 4.69) is 0 Å². The summed E-state index contributed by atoms with van der Waals surface area (Å²) in [5.41, 5.74) is 2.31. The Morgan fingerprint density at radius 2 is 1.56 bits per heavy atom. The summed E-state index contributed by atoms with van der Waals surface area (Å²) in [6.07, 6.45) is 1.92. The monoisotopic (exact) mass is 388 g/mol. The van der Waals surface area contributed by atoms with Crippen molar-refractivity contribution in [1.29, 1.82) is 0 Å². The maximum Gasteiger partial charge on any atom is 0.267 e. The number of hydrogen-bond acceptors (Lipinski definition) is 7. The zero-order valence-corrected chi connectivity index (χ0v) is 15.1. The van der Waals surface area contributed by atoms with Crippen LogP contribution in [-0.4, -0.2) is 37.5 Å². The summed E-state index contributed by atoms with van der Waals surface area (Å²) in [5.74, 6) is 1.31. The number of pyridine rings is 1. The minimum atomic E-state index is -5.17. The number of para-hydroxylation sites is 1. The van der Waals surface area contributed by atoms with Gasteiger partial charge in [0.25, 0.3) is 11.5 Å². The van der Waals surface area contributed by atoms with E-state index in [1.165, 1.54) is 0 Å². The topological polar surface area (TPSA) is 120 Å². The van der Waals surface area contributed by atoms with Gasteiger partial charge in [-0.25, -0.2) is 0 Å². The number of methoxy groups -OCH3 is 2. The van der Waals surface area contributed by atoms with Crippen LogP contribution in [0.4, 0.5) is 0 Å². The second kappa shape index (κ2) is 6.95. The average molecular weight is 388 g/mol. The number of ketones is 1. The number of carbonyl (C=O) groups excluding carboxylic acids is 1. The Balaban J connectivity index is 0.000000376. The first kappa shape index (κ1) is 18.8. The van der Waals surface area contributed by atoms with E-state index in [1.807, 2.05) is 53.2 Å². The highest BCUT2D eigenvalue weighted by atomic mass is 32.3. The van der Waals surface area contributed by atoms with Gasteiger partial charge in [-0.3, -0.25) is 13.2 Å². The summed E-state index contributed by atoms with van der Waals surface area (Å²) in [5, 5.41) is 1.81. The Hall–Kier alpha value is -3.01. The highest BCUT2D eigenvalue weighted by molar-refractivity contribution is 7.79. The van der Waals surface area contributed by atoms with Gasteiger partial charge in [0.05, 0.1) is 19.6 Å². The molecule has 1 aromatic heterocycles. The van der Waals surface area contributed by atoms with Gasteiger partial charge in [-0.05, 0) is 23.6 Å². The summed E-state index contributed by atoms with van der Waals surface area (Å²) in [6.45, 7) is 0. The van der Waals surface area contributed by atoms with Crippen molar-refractivity contribution in [3.63, 3.8) is 0 Å². The Morgan fingerprint density at radius 3 is 2.19 bits per heavy atom. The number of nitrogens with zero attached hydrogens (tertiary/aromatic N) is 1. The molecule has 0 unspecified atom stereocenters. The maximum atomic E-state index is 12.8. The Morgan fingerprint density at radius 1 is 0.963 bits per heavy atom. The molecule has 27 heavy (non-hydrogen) atoms. The number of rotatable bonds is 2. The third kappa shape index (κ3) is 3.61. The Bertz CT molecular complexity index is 1150. The van der Waals surface area contributed by atoms with Gasteiger partial charge in [0, 0.05) is 22.5 Å². The van der Waals surface area contributed by atoms with Crippen LogP contribution in [0.1, 0.15) is 16.1 Å². The molecule has 2 aromatic carbocycles. The first-order valence-corrected chi connectivity index (χ1v) is 8.99. The fraction of sp³-hybridized carbons (Fsp3) is 0.111. The summed E-state index contributed by atoms with van der Waals surface area (Å²) in [7, 11) is -1.97. The Labute approximate surface area is 155 Å². The van der Waals surface area contributed by atoms with Crippen molar-refractivity contribution < 1.29 is 36.4 Å². The molecule has 1 aliphatic rings. The number of hydrogen-bond donors (Lipinski definition) is 0. The van der Waals surface area contributed by atoms with E-state index in [-0.39, 0.29) is 5.78 Å². The van der Waals surface area contributed by atoms with Crippen LogP contribution in [0.2, 0.25) is 0 Å². The van der Waals surface area contributed by atoms with E-state index in [0.717, 1.165) is 22.0 Å². The van der Waals surface area contributed by atoms with E-state index >= 15 is 0 Å². The third-order valence-electron chi connectivity index (χ3n) is 4.08. The van der Waals surface area contributed by atoms with E-state index < -0.39 is 10.4 Å². The highest BCUT2D eigenvalue weighted by Gasteiger charge is 2.37. The number of carbonyl (C=O) groups is 1. The lowest BCUT2D eigenvalue weighted by atomic mass is 10.0. The molecular formula is C18H14NO7S-. The second-order valence-electron chi connectivity index (χ2n) is 5.58. The molecule has 140 valence electrons. The third-order valence-corrected chi connectivity index (χ3v) is 4.08. The molecule has 0 bridgehead atoms. The quantitative estimate of drug-likeness (QED) is 0.289. The molecule has 0 spiro atoms. The molecule has 0 saturated carbocycles. The van der Waals surface area contributed by atoms with E-state index in [1.54, 1.807) is 14.2 Å². The van der Waals surface area contributed by atoms with Crippen molar-refractivity contribution in [2.75, 3.05) is 14.2 Å². The lowest BCUT2D eigenvalue weighted by molar-refractivity contribution is -0.592. The van der Waals surface area contributed by atoms with Gasteiger partial charge in [0.15, 0.2) is 17.7 Å². The molecule has 0 saturated heterocycles. The minimum Gasteiger partial charge on any atom is -0.759 e. The molecule has 0 amide bonds. The van der Waals surface area contributed by atoms with E-state index in [4.69, 9.17) is 27.0 Å². The van der Waals surface area contributed by atoms with Gasteiger partial charge in [-0.1, -0.05) is 12.1 Å². The number of aromatic nitrogens is 1. The Kier molecular flexibility index (Phi) is 4.83. The normalized spacial score (nSPS) is 12.1. The van der Waals surface area contributed by atoms with Crippen LogP contribution in [0.15, 0.2) is 48.7 Å². The number of benzene rings is 2. The van der Waals surface area contributed by atoms with Crippen LogP contribution in [-0.2, 0) is 10.4 Å². The smallest absolute Gasteiger partial charge is 0.267 e. The largest absolute Gasteiger partial charge is 0.759 e. The van der Waals surface area contributed by atoms with E-state index in [9.17, 15) is 4.79 Å². The molecule has 1 aliphatic heterocycles. The molecule has 9 heteroatoms. The highest BCUT2D eigenvalue weighted by Crippen LogP contribution is 2.35. The summed E-state index contributed by atoms with van der Waals surface area (Å²) < 4.78 is 46.7. The first-order valence-electron chi connectivity index (χ1n) is 7.66. The van der Waals surface area contributed by atoms with Crippen LogP contribution >= 0.6 is 0 Å². The van der Waals surface area contributed by atoms with Crippen molar-refractivity contribution in [2.24, 2.45) is 0 Å². The SMILES string of the molecule is COc1cc2cc[n+]3c(c2cc1OC)C(=O)c1ccccc1-3.O=S(=O)([O-])[O-]. The molecule has 2 heterocycles. The fourth-order valence-electron chi connectivity index (χ4n) is 3.03. The van der Waals surface area contributed by atoms with Gasteiger partial charge < -0.3 is 18.6 Å². The predicted octanol–water partition coefficient (Wildman–Crippen LogP) is 1.34. The molecule has 3 aromatic rings. The standard InChI is InChI=1S/C18H14NO3.H2O4S/c1-21-15-9-11-7-8-19-14-6-4-3-5-12(14)18(20)17(19)13(11)10-16(15)22-2;1-5(2,3)4/h3-10H,1-2H3;(H2,1,2,3,4)/q+1;/p-2. The van der Waals surface area contributed by atoms with Gasteiger partial charge >= 0.3 is 0 Å². The molecule has 4 rings (SSSR count). The zero-order chi connectivity index (χ0) is 19.8. The van der Waals surface area contributed by atoms with Gasteiger partial charge in [0.2, 0.25) is 5.69 Å². The lowest BCUT2D eigenvalue weighted by Crippen LogP contribution is -2.31. The fourth-order valence-corrected chi connectivity index (χ4v) is 3.03. The average Bonchev–Trinajstić information content (AvgIpc) is 2.92. The lowest BCUT2D eigenvalue weighted by Gasteiger charge is -2.09. The van der Waals surface area contributed by atoms with Crippen LogP contribution in [0.3, 0.4) is 0 Å². The van der Waals surface area contributed by atoms with Gasteiger partial charge in [-0.15, -0.1) is 0 Å². The minimum absolute atomic E-state index is 0.0356. The molecule has 0 aliphatic carbocycles. The molecule has 0 radical (unpaired) electrons. The first-order chi connectivity index (χ1) is 12.7. The second-order valence-corrected chi connectivity index (χ2v) is 6.40. The van der Waals surface area contributed by atoms with Crippen molar-refractivity contribution >= 4 is 27.0 Å². The predicted molar refractivity (Wildman–Crippen MR) is 92.5 cm³/mol. The van der Waals surface area contributed by atoms with Crippen LogP contribution in [0, 0.1) is 0 Å². The zero-order valence-electron chi connectivity index (χ0n) is 14.3. The molecule has 8 nitrogen and oxygen atoms in total.